The molecule has 3 saturated carbocycles. The van der Waals surface area contributed by atoms with Gasteiger partial charge in [0.15, 0.2) is 6.29 Å². The summed E-state index contributed by atoms with van der Waals surface area (Å²) in [6, 6.07) is 0. The molecule has 39 heavy (non-hydrogen) atoms. The predicted molar refractivity (Wildman–Crippen MR) is 169 cm³/mol. The zero-order valence-corrected chi connectivity index (χ0v) is 28.8. The molecule has 2 atom stereocenters. The molecule has 0 spiro atoms. The highest BCUT2D eigenvalue weighted by molar-refractivity contribution is 4.86. The second kappa shape index (κ2) is 22.4. The van der Waals surface area contributed by atoms with Crippen LogP contribution in [-0.2, 0) is 18.9 Å². The monoisotopic (exact) mass is 557 g/mol. The van der Waals surface area contributed by atoms with Crippen molar-refractivity contribution >= 4 is 0 Å². The quantitative estimate of drug-likeness (QED) is 0.265. The zero-order chi connectivity index (χ0) is 30.0. The first kappa shape index (κ1) is 38.8. The average Bonchev–Trinajstić information content (AvgIpc) is 2.87. The molecule has 0 radical (unpaired) electrons. The fourth-order valence-electron chi connectivity index (χ4n) is 7.14. The standard InChI is InChI=1S/C10H22O4.C9H18.2C8H16/c1-5-13-10(14-6-2)9(7-11-3)8-12-4;1-7-4-8(2)6-9(3)5-7;1-5-6(2)8(4)7(5)3;1-7-4-3-5-8(2)6-7/h9-10H,5-8H2,1-4H3;7-9H,4-6H2,1-3H3;5-8H,1-4H3;7-8H,3-6H2,1-2H3. The van der Waals surface area contributed by atoms with Crippen LogP contribution in [0.5, 0.6) is 0 Å². The Bertz CT molecular complexity index is 464. The van der Waals surface area contributed by atoms with Gasteiger partial charge < -0.3 is 18.9 Å². The highest BCUT2D eigenvalue weighted by Gasteiger charge is 2.38. The summed E-state index contributed by atoms with van der Waals surface area (Å²) in [6.07, 6.45) is 10.1. The maximum atomic E-state index is 5.47. The van der Waals surface area contributed by atoms with Crippen molar-refractivity contribution in [2.24, 2.45) is 59.2 Å². The van der Waals surface area contributed by atoms with Crippen molar-refractivity contribution in [3.63, 3.8) is 0 Å². The minimum absolute atomic E-state index is 0.130. The van der Waals surface area contributed by atoms with Crippen LogP contribution in [0.1, 0.15) is 121 Å². The molecule has 0 aromatic carbocycles. The van der Waals surface area contributed by atoms with Gasteiger partial charge in [-0.3, -0.25) is 0 Å². The predicted octanol–water partition coefficient (Wildman–Crippen LogP) is 9.75. The summed E-state index contributed by atoms with van der Waals surface area (Å²) in [6.45, 7) is 27.6. The van der Waals surface area contributed by atoms with E-state index in [1.54, 1.807) is 14.2 Å². The lowest BCUT2D eigenvalue weighted by Gasteiger charge is -2.45. The van der Waals surface area contributed by atoms with Crippen molar-refractivity contribution in [2.75, 3.05) is 40.6 Å². The van der Waals surface area contributed by atoms with Crippen molar-refractivity contribution in [1.29, 1.82) is 0 Å². The van der Waals surface area contributed by atoms with Crippen LogP contribution < -0.4 is 0 Å². The van der Waals surface area contributed by atoms with Crippen LogP contribution in [0.4, 0.5) is 0 Å². The Morgan fingerprint density at radius 1 is 0.513 bits per heavy atom. The third-order valence-electron chi connectivity index (χ3n) is 9.74. The highest BCUT2D eigenvalue weighted by atomic mass is 16.7. The Kier molecular flexibility index (Phi) is 22.3. The molecule has 0 aliphatic heterocycles. The Morgan fingerprint density at radius 2 is 0.821 bits per heavy atom. The van der Waals surface area contributed by atoms with Crippen LogP contribution in [-0.4, -0.2) is 46.9 Å². The number of hydrogen-bond donors (Lipinski definition) is 0. The van der Waals surface area contributed by atoms with E-state index in [9.17, 15) is 0 Å². The lowest BCUT2D eigenvalue weighted by atomic mass is 9.60. The summed E-state index contributed by atoms with van der Waals surface area (Å²) >= 11 is 0. The van der Waals surface area contributed by atoms with E-state index in [0.717, 1.165) is 53.3 Å². The van der Waals surface area contributed by atoms with Gasteiger partial charge in [-0.25, -0.2) is 0 Å². The summed E-state index contributed by atoms with van der Waals surface area (Å²) in [4.78, 5) is 0. The fourth-order valence-corrected chi connectivity index (χ4v) is 7.14. The van der Waals surface area contributed by atoms with Crippen LogP contribution in [0.25, 0.3) is 0 Å². The molecular formula is C35H72O4. The van der Waals surface area contributed by atoms with E-state index in [1.807, 2.05) is 13.8 Å². The second-order valence-electron chi connectivity index (χ2n) is 13.8. The van der Waals surface area contributed by atoms with E-state index in [2.05, 4.69) is 62.3 Å². The SMILES string of the molecule is CC1C(C)C(C)C1C.CC1CC(C)CC(C)C1.CC1CCCC(C)C1.CCOC(OCC)C(COC)COC. The fraction of sp³-hybridized carbons (Fsp3) is 1.00. The topological polar surface area (TPSA) is 36.9 Å². The van der Waals surface area contributed by atoms with Gasteiger partial charge in [0.05, 0.1) is 19.1 Å². The molecule has 3 aliphatic carbocycles. The Balaban J connectivity index is 0.000000508. The van der Waals surface area contributed by atoms with Crippen molar-refractivity contribution in [2.45, 2.75) is 127 Å². The molecule has 4 nitrogen and oxygen atoms in total. The second-order valence-corrected chi connectivity index (χ2v) is 13.8. The normalized spacial score (nSPS) is 34.1. The molecule has 0 saturated heterocycles. The van der Waals surface area contributed by atoms with Crippen LogP contribution in [0, 0.1) is 59.2 Å². The van der Waals surface area contributed by atoms with Gasteiger partial charge in [0.25, 0.3) is 0 Å². The summed E-state index contributed by atoms with van der Waals surface area (Å²) in [7, 11) is 3.33. The average molecular weight is 557 g/mol. The van der Waals surface area contributed by atoms with Gasteiger partial charge in [-0.15, -0.1) is 0 Å². The largest absolute Gasteiger partial charge is 0.384 e. The van der Waals surface area contributed by atoms with Gasteiger partial charge in [-0.05, 0) is 92.8 Å². The smallest absolute Gasteiger partial charge is 0.164 e. The molecule has 0 aromatic rings. The lowest BCUT2D eigenvalue weighted by molar-refractivity contribution is -0.185. The number of rotatable bonds is 9. The van der Waals surface area contributed by atoms with Gasteiger partial charge in [-0.1, -0.05) is 81.6 Å². The van der Waals surface area contributed by atoms with Crippen molar-refractivity contribution in [1.82, 2.24) is 0 Å². The Hall–Kier alpha value is -0.160. The third kappa shape index (κ3) is 16.8. The van der Waals surface area contributed by atoms with Gasteiger partial charge in [-0.2, -0.15) is 0 Å². The van der Waals surface area contributed by atoms with Crippen molar-refractivity contribution < 1.29 is 18.9 Å². The molecule has 3 rings (SSSR count). The summed E-state index contributed by atoms with van der Waals surface area (Å²) < 4.78 is 21.1. The van der Waals surface area contributed by atoms with Crippen LogP contribution in [0.2, 0.25) is 0 Å². The molecule has 0 amide bonds. The number of hydrogen-bond acceptors (Lipinski definition) is 4. The minimum Gasteiger partial charge on any atom is -0.384 e. The van der Waals surface area contributed by atoms with Gasteiger partial charge >= 0.3 is 0 Å². The van der Waals surface area contributed by atoms with Gasteiger partial charge in [0, 0.05) is 27.4 Å². The molecule has 4 heteroatoms. The molecule has 0 bridgehead atoms. The molecule has 0 heterocycles. The molecule has 3 aliphatic rings. The first-order chi connectivity index (χ1) is 18.4. The van der Waals surface area contributed by atoms with E-state index in [-0.39, 0.29) is 12.2 Å². The molecule has 0 N–H and O–H groups in total. The van der Waals surface area contributed by atoms with E-state index >= 15 is 0 Å². The van der Waals surface area contributed by atoms with Gasteiger partial charge in [0.1, 0.15) is 0 Å². The zero-order valence-electron chi connectivity index (χ0n) is 28.8. The van der Waals surface area contributed by atoms with Crippen LogP contribution >= 0.6 is 0 Å². The summed E-state index contributed by atoms with van der Waals surface area (Å²) in [5.41, 5.74) is 0. The number of methoxy groups -OCH3 is 2. The summed E-state index contributed by atoms with van der Waals surface area (Å²) in [5, 5.41) is 0. The molecule has 0 aromatic heterocycles. The van der Waals surface area contributed by atoms with Crippen LogP contribution in [0.15, 0.2) is 0 Å². The molecular weight excluding hydrogens is 484 g/mol. The molecule has 236 valence electrons. The maximum absolute atomic E-state index is 5.47. The lowest BCUT2D eigenvalue weighted by Crippen LogP contribution is -2.39. The maximum Gasteiger partial charge on any atom is 0.164 e. The Labute approximate surface area is 246 Å². The third-order valence-corrected chi connectivity index (χ3v) is 9.74. The van der Waals surface area contributed by atoms with E-state index in [4.69, 9.17) is 18.9 Å². The number of ether oxygens (including phenoxy) is 4. The van der Waals surface area contributed by atoms with Crippen molar-refractivity contribution in [3.8, 4) is 0 Å². The summed E-state index contributed by atoms with van der Waals surface area (Å²) in [5.74, 6) is 9.03. The first-order valence-electron chi connectivity index (χ1n) is 16.6. The minimum atomic E-state index is -0.232. The van der Waals surface area contributed by atoms with E-state index in [0.29, 0.717) is 26.4 Å². The van der Waals surface area contributed by atoms with Crippen molar-refractivity contribution in [3.05, 3.63) is 0 Å². The first-order valence-corrected chi connectivity index (χ1v) is 16.6. The van der Waals surface area contributed by atoms with E-state index in [1.165, 1.54) is 44.9 Å². The van der Waals surface area contributed by atoms with E-state index < -0.39 is 0 Å². The Morgan fingerprint density at radius 3 is 1.05 bits per heavy atom. The molecule has 2 unspecified atom stereocenters. The molecule has 3 fully saturated rings. The highest BCUT2D eigenvalue weighted by Crippen LogP contribution is 2.44. The van der Waals surface area contributed by atoms with Crippen LogP contribution in [0.3, 0.4) is 0 Å². The van der Waals surface area contributed by atoms with Gasteiger partial charge in [0.2, 0.25) is 0 Å².